The third-order valence-corrected chi connectivity index (χ3v) is 5.33. The summed E-state index contributed by atoms with van der Waals surface area (Å²) < 4.78 is 2.07. The first kappa shape index (κ1) is 15.4. The fourth-order valence-electron chi connectivity index (χ4n) is 1.95. The number of aryl methyl sites for hydroxylation is 2. The molecule has 2 aromatic carbocycles. The standard InChI is InChI=1S/C15H12Br2Cl2/c1-8-6-14(17)9(2)5-11(8)15(19)12-7-10(18)3-4-13(12)16/h3-7,15H,1-2H3. The number of rotatable bonds is 2. The van der Waals surface area contributed by atoms with Crippen LogP contribution < -0.4 is 0 Å². The molecule has 0 bridgehead atoms. The quantitative estimate of drug-likeness (QED) is 0.466. The van der Waals surface area contributed by atoms with Gasteiger partial charge in [0, 0.05) is 14.0 Å². The molecule has 2 aromatic rings. The summed E-state index contributed by atoms with van der Waals surface area (Å²) >= 11 is 19.8. The van der Waals surface area contributed by atoms with Crippen LogP contribution in [0, 0.1) is 13.8 Å². The van der Waals surface area contributed by atoms with E-state index in [1.165, 1.54) is 5.56 Å². The van der Waals surface area contributed by atoms with E-state index < -0.39 is 0 Å². The summed E-state index contributed by atoms with van der Waals surface area (Å²) in [6.07, 6.45) is 0. The largest absolute Gasteiger partial charge is 0.113 e. The highest BCUT2D eigenvalue weighted by molar-refractivity contribution is 9.10. The monoisotopic (exact) mass is 420 g/mol. The van der Waals surface area contributed by atoms with Crippen molar-refractivity contribution in [3.8, 4) is 0 Å². The fourth-order valence-corrected chi connectivity index (χ4v) is 3.61. The summed E-state index contributed by atoms with van der Waals surface area (Å²) in [6.45, 7) is 4.12. The van der Waals surface area contributed by atoms with Gasteiger partial charge in [-0.05, 0) is 60.4 Å². The molecule has 0 aliphatic heterocycles. The second-order valence-electron chi connectivity index (χ2n) is 4.49. The van der Waals surface area contributed by atoms with E-state index in [9.17, 15) is 0 Å². The maximum atomic E-state index is 6.63. The first-order chi connectivity index (χ1) is 8.90. The van der Waals surface area contributed by atoms with E-state index in [0.717, 1.165) is 25.6 Å². The molecule has 0 N–H and O–H groups in total. The van der Waals surface area contributed by atoms with Crippen LogP contribution in [0.3, 0.4) is 0 Å². The molecule has 0 spiro atoms. The minimum atomic E-state index is -0.222. The Kier molecular flexibility index (Phi) is 4.99. The van der Waals surface area contributed by atoms with E-state index in [1.54, 1.807) is 0 Å². The lowest BCUT2D eigenvalue weighted by molar-refractivity contribution is 1.09. The van der Waals surface area contributed by atoms with Crippen molar-refractivity contribution >= 4 is 55.1 Å². The molecule has 0 radical (unpaired) electrons. The third-order valence-electron chi connectivity index (χ3n) is 3.05. The molecule has 0 saturated heterocycles. The van der Waals surface area contributed by atoms with Crippen LogP contribution in [0.1, 0.15) is 27.6 Å². The molecule has 0 aliphatic rings. The van der Waals surface area contributed by atoms with Gasteiger partial charge < -0.3 is 0 Å². The minimum absolute atomic E-state index is 0.222. The molecular formula is C15H12Br2Cl2. The van der Waals surface area contributed by atoms with Crippen molar-refractivity contribution in [1.82, 2.24) is 0 Å². The normalized spacial score (nSPS) is 12.5. The Labute approximate surface area is 140 Å². The second-order valence-corrected chi connectivity index (χ2v) is 7.07. The van der Waals surface area contributed by atoms with Gasteiger partial charge in [0.15, 0.2) is 0 Å². The summed E-state index contributed by atoms with van der Waals surface area (Å²) in [5, 5.41) is 0.468. The van der Waals surface area contributed by atoms with Crippen molar-refractivity contribution in [1.29, 1.82) is 0 Å². The highest BCUT2D eigenvalue weighted by Gasteiger charge is 2.17. The van der Waals surface area contributed by atoms with E-state index >= 15 is 0 Å². The van der Waals surface area contributed by atoms with Gasteiger partial charge in [-0.15, -0.1) is 11.6 Å². The number of alkyl halides is 1. The summed E-state index contributed by atoms with van der Waals surface area (Å²) in [7, 11) is 0. The average Bonchev–Trinajstić information content (AvgIpc) is 2.36. The zero-order valence-corrected chi connectivity index (χ0v) is 15.2. The number of benzene rings is 2. The first-order valence-electron chi connectivity index (χ1n) is 5.76. The zero-order chi connectivity index (χ0) is 14.2. The Morgan fingerprint density at radius 1 is 0.895 bits per heavy atom. The number of halogens is 4. The molecule has 0 fully saturated rings. The van der Waals surface area contributed by atoms with Crippen LogP contribution in [-0.4, -0.2) is 0 Å². The van der Waals surface area contributed by atoms with Gasteiger partial charge in [-0.2, -0.15) is 0 Å². The van der Waals surface area contributed by atoms with Crippen LogP contribution in [0.4, 0.5) is 0 Å². The lowest BCUT2D eigenvalue weighted by Crippen LogP contribution is -1.99. The zero-order valence-electron chi connectivity index (χ0n) is 10.5. The van der Waals surface area contributed by atoms with E-state index in [2.05, 4.69) is 57.8 Å². The van der Waals surface area contributed by atoms with Crippen molar-refractivity contribution in [3.63, 3.8) is 0 Å². The molecule has 0 saturated carbocycles. The van der Waals surface area contributed by atoms with Gasteiger partial charge in [0.25, 0.3) is 0 Å². The molecular weight excluding hydrogens is 411 g/mol. The predicted octanol–water partition coefficient (Wildman–Crippen LogP) is 6.81. The molecule has 1 atom stereocenters. The van der Waals surface area contributed by atoms with Gasteiger partial charge in [0.1, 0.15) is 0 Å². The topological polar surface area (TPSA) is 0 Å². The molecule has 100 valence electrons. The van der Waals surface area contributed by atoms with Gasteiger partial charge in [0.05, 0.1) is 5.38 Å². The molecule has 0 amide bonds. The van der Waals surface area contributed by atoms with Crippen LogP contribution in [0.25, 0.3) is 0 Å². The Balaban J connectivity index is 2.52. The molecule has 1 unspecified atom stereocenters. The number of hydrogen-bond donors (Lipinski definition) is 0. The molecule has 0 heterocycles. The van der Waals surface area contributed by atoms with E-state index in [1.807, 2.05) is 18.2 Å². The van der Waals surface area contributed by atoms with Gasteiger partial charge in [0.2, 0.25) is 0 Å². The van der Waals surface area contributed by atoms with Gasteiger partial charge >= 0.3 is 0 Å². The fraction of sp³-hybridized carbons (Fsp3) is 0.200. The molecule has 2 rings (SSSR count). The van der Waals surface area contributed by atoms with Gasteiger partial charge in [-0.25, -0.2) is 0 Å². The van der Waals surface area contributed by atoms with Crippen LogP contribution in [0.2, 0.25) is 5.02 Å². The second kappa shape index (κ2) is 6.17. The van der Waals surface area contributed by atoms with Crippen LogP contribution >= 0.6 is 55.1 Å². The lowest BCUT2D eigenvalue weighted by atomic mass is 9.98. The highest BCUT2D eigenvalue weighted by Crippen LogP contribution is 2.38. The lowest BCUT2D eigenvalue weighted by Gasteiger charge is -2.16. The SMILES string of the molecule is Cc1cc(C(Cl)c2cc(Cl)ccc2Br)c(C)cc1Br. The van der Waals surface area contributed by atoms with Gasteiger partial charge in [-0.1, -0.05) is 49.5 Å². The first-order valence-corrected chi connectivity index (χ1v) is 8.16. The smallest absolute Gasteiger partial charge is 0.0849 e. The summed E-state index contributed by atoms with van der Waals surface area (Å²) in [5.41, 5.74) is 4.41. The van der Waals surface area contributed by atoms with Gasteiger partial charge in [-0.3, -0.25) is 0 Å². The number of hydrogen-bond acceptors (Lipinski definition) is 0. The van der Waals surface area contributed by atoms with E-state index in [0.29, 0.717) is 5.02 Å². The van der Waals surface area contributed by atoms with Crippen molar-refractivity contribution in [2.45, 2.75) is 19.2 Å². The molecule has 4 heteroatoms. The van der Waals surface area contributed by atoms with Crippen molar-refractivity contribution in [3.05, 3.63) is 66.6 Å². The molecule has 0 nitrogen and oxygen atoms in total. The molecule has 0 aromatic heterocycles. The Morgan fingerprint density at radius 2 is 1.58 bits per heavy atom. The minimum Gasteiger partial charge on any atom is -0.113 e. The maximum Gasteiger partial charge on any atom is 0.0849 e. The maximum absolute atomic E-state index is 6.63. The summed E-state index contributed by atoms with van der Waals surface area (Å²) in [5.74, 6) is 0. The van der Waals surface area contributed by atoms with Crippen LogP contribution in [0.15, 0.2) is 39.3 Å². The van der Waals surface area contributed by atoms with E-state index in [4.69, 9.17) is 23.2 Å². The van der Waals surface area contributed by atoms with E-state index in [-0.39, 0.29) is 5.38 Å². The van der Waals surface area contributed by atoms with Crippen molar-refractivity contribution in [2.24, 2.45) is 0 Å². The van der Waals surface area contributed by atoms with Crippen molar-refractivity contribution < 1.29 is 0 Å². The summed E-state index contributed by atoms with van der Waals surface area (Å²) in [4.78, 5) is 0. The Morgan fingerprint density at radius 3 is 2.26 bits per heavy atom. The van der Waals surface area contributed by atoms with Crippen LogP contribution in [-0.2, 0) is 0 Å². The highest BCUT2D eigenvalue weighted by atomic mass is 79.9. The molecule has 19 heavy (non-hydrogen) atoms. The van der Waals surface area contributed by atoms with Crippen molar-refractivity contribution in [2.75, 3.05) is 0 Å². The summed E-state index contributed by atoms with van der Waals surface area (Å²) in [6, 6.07) is 9.88. The Hall–Kier alpha value is -0.0200. The molecule has 0 aliphatic carbocycles. The Bertz CT molecular complexity index is 624. The van der Waals surface area contributed by atoms with Crippen LogP contribution in [0.5, 0.6) is 0 Å². The predicted molar refractivity (Wildman–Crippen MR) is 90.5 cm³/mol. The average molecular weight is 423 g/mol. The third kappa shape index (κ3) is 3.36.